The lowest BCUT2D eigenvalue weighted by molar-refractivity contribution is -0.137. The van der Waals surface area contributed by atoms with Gasteiger partial charge in [-0.2, -0.15) is 13.2 Å². The molecule has 2 rings (SSSR count). The molecule has 1 amide bonds. The lowest BCUT2D eigenvalue weighted by Gasteiger charge is -2.24. The van der Waals surface area contributed by atoms with E-state index in [0.717, 1.165) is 6.07 Å². The van der Waals surface area contributed by atoms with Crippen LogP contribution in [0.1, 0.15) is 27.0 Å². The molecule has 0 aliphatic heterocycles. The predicted octanol–water partition coefficient (Wildman–Crippen LogP) is 7.21. The van der Waals surface area contributed by atoms with Gasteiger partial charge in [0.25, 0.3) is 6.43 Å². The maximum absolute atomic E-state index is 15.1. The van der Waals surface area contributed by atoms with E-state index in [2.05, 4.69) is 0 Å². The number of rotatable bonds is 5. The van der Waals surface area contributed by atoms with Gasteiger partial charge in [0.15, 0.2) is 0 Å². The summed E-state index contributed by atoms with van der Waals surface area (Å²) in [5, 5.41) is -1.18. The van der Waals surface area contributed by atoms with Crippen molar-refractivity contribution in [1.82, 2.24) is 0 Å². The number of nitrogens with two attached hydrogens (primary N) is 1. The van der Waals surface area contributed by atoms with Crippen LogP contribution in [0.2, 0.25) is 15.1 Å². The van der Waals surface area contributed by atoms with Gasteiger partial charge in [-0.3, -0.25) is 4.79 Å². The molecule has 0 saturated heterocycles. The molecule has 162 valence electrons. The first kappa shape index (κ1) is 24.3. The molecule has 0 aromatic heterocycles. The van der Waals surface area contributed by atoms with Crippen LogP contribution in [0.25, 0.3) is 6.08 Å². The highest BCUT2D eigenvalue weighted by Crippen LogP contribution is 2.45. The summed E-state index contributed by atoms with van der Waals surface area (Å²) in [5.74, 6) is -3.55. The highest BCUT2D eigenvalue weighted by Gasteiger charge is 2.48. The van der Waals surface area contributed by atoms with Crippen LogP contribution in [0.3, 0.4) is 0 Å². The topological polar surface area (TPSA) is 43.1 Å². The molecule has 2 nitrogen and oxygen atoms in total. The minimum atomic E-state index is -5.07. The SMILES string of the molecule is NC(=O)c1ccc(C=C(F)C(F)(c2cc(Cl)c(Cl)c(Cl)c2)C(F)F)cc1C(F)(F)F. The summed E-state index contributed by atoms with van der Waals surface area (Å²) in [6.07, 6.45) is -8.94. The van der Waals surface area contributed by atoms with E-state index in [0.29, 0.717) is 18.2 Å². The Morgan fingerprint density at radius 2 is 1.53 bits per heavy atom. The lowest BCUT2D eigenvalue weighted by atomic mass is 9.93. The molecule has 0 aliphatic carbocycles. The molecule has 2 aromatic carbocycles. The Morgan fingerprint density at radius 1 is 1.00 bits per heavy atom. The van der Waals surface area contributed by atoms with Crippen molar-refractivity contribution in [2.24, 2.45) is 5.73 Å². The van der Waals surface area contributed by atoms with Gasteiger partial charge < -0.3 is 5.73 Å². The summed E-state index contributed by atoms with van der Waals surface area (Å²) in [7, 11) is 0. The van der Waals surface area contributed by atoms with Crippen molar-refractivity contribution >= 4 is 46.8 Å². The number of halogens is 10. The zero-order valence-electron chi connectivity index (χ0n) is 14.3. The molecule has 1 atom stereocenters. The van der Waals surface area contributed by atoms with E-state index in [1.807, 2.05) is 0 Å². The van der Waals surface area contributed by atoms with Crippen molar-refractivity contribution < 1.29 is 35.5 Å². The molecule has 2 N–H and O–H groups in total. The zero-order valence-corrected chi connectivity index (χ0v) is 16.6. The first-order valence-corrected chi connectivity index (χ1v) is 8.83. The van der Waals surface area contributed by atoms with Gasteiger partial charge in [-0.25, -0.2) is 17.6 Å². The summed E-state index contributed by atoms with van der Waals surface area (Å²) in [5.41, 5.74) is -3.37. The molecule has 2 aromatic rings. The van der Waals surface area contributed by atoms with Crippen molar-refractivity contribution in [3.63, 3.8) is 0 Å². The van der Waals surface area contributed by atoms with E-state index in [-0.39, 0.29) is 17.2 Å². The maximum atomic E-state index is 15.1. The van der Waals surface area contributed by atoms with E-state index in [1.165, 1.54) is 0 Å². The van der Waals surface area contributed by atoms with Crippen LogP contribution in [0.15, 0.2) is 36.2 Å². The monoisotopic (exact) mass is 493 g/mol. The van der Waals surface area contributed by atoms with Gasteiger partial charge >= 0.3 is 6.18 Å². The number of carbonyl (C=O) groups excluding carboxylic acids is 1. The van der Waals surface area contributed by atoms with E-state index in [4.69, 9.17) is 40.5 Å². The number of hydrogen-bond donors (Lipinski definition) is 1. The van der Waals surface area contributed by atoms with E-state index in [1.54, 1.807) is 0 Å². The minimum Gasteiger partial charge on any atom is -0.366 e. The fraction of sp³-hybridized carbons (Fsp3) is 0.167. The predicted molar refractivity (Wildman–Crippen MR) is 99.3 cm³/mol. The van der Waals surface area contributed by atoms with Crippen LogP contribution in [0, 0.1) is 0 Å². The smallest absolute Gasteiger partial charge is 0.366 e. The van der Waals surface area contributed by atoms with E-state index >= 15 is 4.39 Å². The van der Waals surface area contributed by atoms with Gasteiger partial charge in [0.2, 0.25) is 11.6 Å². The Hall–Kier alpha value is -1.97. The third-order valence-corrected chi connectivity index (χ3v) is 5.16. The van der Waals surface area contributed by atoms with Crippen molar-refractivity contribution in [3.8, 4) is 0 Å². The Bertz CT molecular complexity index is 1000. The second kappa shape index (κ2) is 8.64. The standard InChI is InChI=1S/C18H9Cl3F7NO/c19-11-5-8(6-12(20)14(11)21)17(25,16(23)24)13(22)4-7-1-2-9(15(29)30)10(3-7)18(26,27)28/h1-6,16H,(H2,29,30). The van der Waals surface area contributed by atoms with Crippen molar-refractivity contribution in [2.45, 2.75) is 18.3 Å². The number of hydrogen-bond acceptors (Lipinski definition) is 1. The van der Waals surface area contributed by atoms with Crippen LogP contribution >= 0.6 is 34.8 Å². The van der Waals surface area contributed by atoms with Crippen LogP contribution in [-0.4, -0.2) is 12.3 Å². The summed E-state index contributed by atoms with van der Waals surface area (Å²) < 4.78 is 96.1. The summed E-state index contributed by atoms with van der Waals surface area (Å²) in [6, 6.07) is 2.90. The van der Waals surface area contributed by atoms with Crippen molar-refractivity contribution in [3.05, 3.63) is 73.5 Å². The minimum absolute atomic E-state index is 0.128. The normalized spacial score (nSPS) is 14.7. The third kappa shape index (κ3) is 4.68. The van der Waals surface area contributed by atoms with Gasteiger partial charge in [0, 0.05) is 5.56 Å². The lowest BCUT2D eigenvalue weighted by Crippen LogP contribution is -2.30. The highest BCUT2D eigenvalue weighted by atomic mass is 35.5. The molecular formula is C18H9Cl3F7NO. The first-order chi connectivity index (χ1) is 13.7. The molecule has 0 saturated carbocycles. The number of alkyl halides is 6. The van der Waals surface area contributed by atoms with Crippen LogP contribution in [0.5, 0.6) is 0 Å². The fourth-order valence-electron chi connectivity index (χ4n) is 2.49. The van der Waals surface area contributed by atoms with Crippen LogP contribution in [-0.2, 0) is 11.8 Å². The van der Waals surface area contributed by atoms with Gasteiger partial charge in [-0.05, 0) is 35.9 Å². The summed E-state index contributed by atoms with van der Waals surface area (Å²) in [4.78, 5) is 11.2. The molecule has 0 radical (unpaired) electrons. The number of amides is 1. The average Bonchev–Trinajstić information content (AvgIpc) is 2.63. The van der Waals surface area contributed by atoms with Crippen LogP contribution < -0.4 is 5.73 Å². The number of carbonyl (C=O) groups is 1. The molecule has 12 heteroatoms. The summed E-state index contributed by atoms with van der Waals surface area (Å²) in [6.45, 7) is 0. The molecule has 1 unspecified atom stereocenters. The molecular weight excluding hydrogens is 486 g/mol. The third-order valence-electron chi connectivity index (χ3n) is 3.96. The quantitative estimate of drug-likeness (QED) is 0.346. The van der Waals surface area contributed by atoms with E-state index < -0.39 is 62.3 Å². The maximum Gasteiger partial charge on any atom is 0.417 e. The molecule has 0 spiro atoms. The Kier molecular flexibility index (Phi) is 7.00. The molecule has 0 aliphatic rings. The number of benzene rings is 2. The molecule has 0 bridgehead atoms. The fourth-order valence-corrected chi connectivity index (χ4v) is 3.08. The first-order valence-electron chi connectivity index (χ1n) is 7.70. The van der Waals surface area contributed by atoms with Gasteiger partial charge in [0.1, 0.15) is 5.83 Å². The second-order valence-electron chi connectivity index (χ2n) is 5.93. The average molecular weight is 495 g/mol. The van der Waals surface area contributed by atoms with Gasteiger partial charge in [-0.15, -0.1) is 0 Å². The highest BCUT2D eigenvalue weighted by molar-refractivity contribution is 6.48. The van der Waals surface area contributed by atoms with Gasteiger partial charge in [-0.1, -0.05) is 40.9 Å². The number of primary amides is 1. The molecule has 30 heavy (non-hydrogen) atoms. The van der Waals surface area contributed by atoms with Gasteiger partial charge in [0.05, 0.1) is 26.2 Å². The molecule has 0 fully saturated rings. The Balaban J connectivity index is 2.66. The summed E-state index contributed by atoms with van der Waals surface area (Å²) >= 11 is 17.0. The Morgan fingerprint density at radius 3 is 1.97 bits per heavy atom. The Labute approximate surface area is 180 Å². The van der Waals surface area contributed by atoms with Crippen molar-refractivity contribution in [1.29, 1.82) is 0 Å². The largest absolute Gasteiger partial charge is 0.417 e. The number of allylic oxidation sites excluding steroid dienone is 1. The van der Waals surface area contributed by atoms with E-state index in [9.17, 15) is 31.1 Å². The molecule has 0 heterocycles. The van der Waals surface area contributed by atoms with Crippen LogP contribution in [0.4, 0.5) is 30.7 Å². The van der Waals surface area contributed by atoms with Crippen molar-refractivity contribution in [2.75, 3.05) is 0 Å². The second-order valence-corrected chi connectivity index (χ2v) is 7.12. The zero-order chi connectivity index (χ0) is 23.0.